The first-order valence-corrected chi connectivity index (χ1v) is 5.89. The van der Waals surface area contributed by atoms with Crippen LogP contribution in [0.25, 0.3) is 0 Å². The summed E-state index contributed by atoms with van der Waals surface area (Å²) in [6.45, 7) is 4.71. The van der Waals surface area contributed by atoms with Crippen molar-refractivity contribution in [2.45, 2.75) is 44.9 Å². The minimum absolute atomic E-state index is 0.0136. The lowest BCUT2D eigenvalue weighted by molar-refractivity contribution is -0.148. The van der Waals surface area contributed by atoms with Crippen molar-refractivity contribution in [3.05, 3.63) is 0 Å². The van der Waals surface area contributed by atoms with Gasteiger partial charge in [-0.15, -0.1) is 0 Å². The van der Waals surface area contributed by atoms with Crippen molar-refractivity contribution in [3.8, 4) is 0 Å². The first-order valence-electron chi connectivity index (χ1n) is 5.89. The van der Waals surface area contributed by atoms with Crippen LogP contribution in [-0.4, -0.2) is 58.3 Å². The maximum atomic E-state index is 11.9. The predicted molar refractivity (Wildman–Crippen MR) is 61.5 cm³/mol. The highest BCUT2D eigenvalue weighted by molar-refractivity contribution is 5.84. The molecule has 0 bridgehead atoms. The van der Waals surface area contributed by atoms with E-state index in [9.17, 15) is 14.7 Å². The molecule has 6 heteroatoms. The molecule has 1 unspecified atom stereocenters. The molecule has 1 rings (SSSR count). The van der Waals surface area contributed by atoms with Gasteiger partial charge in [0.25, 0.3) is 0 Å². The fourth-order valence-electron chi connectivity index (χ4n) is 2.12. The van der Waals surface area contributed by atoms with E-state index in [-0.39, 0.29) is 31.3 Å². The minimum atomic E-state index is -1.05. The van der Waals surface area contributed by atoms with E-state index in [4.69, 9.17) is 5.11 Å². The molecule has 0 aromatic rings. The third kappa shape index (κ3) is 3.67. The molecule has 6 nitrogen and oxygen atoms in total. The summed E-state index contributed by atoms with van der Waals surface area (Å²) < 4.78 is 0. The summed E-state index contributed by atoms with van der Waals surface area (Å²) in [5, 5.41) is 21.5. The van der Waals surface area contributed by atoms with Crippen molar-refractivity contribution >= 4 is 11.9 Å². The van der Waals surface area contributed by atoms with Gasteiger partial charge in [0.05, 0.1) is 6.10 Å². The van der Waals surface area contributed by atoms with E-state index in [2.05, 4.69) is 5.32 Å². The van der Waals surface area contributed by atoms with E-state index in [1.54, 1.807) is 0 Å². The molecule has 1 heterocycles. The van der Waals surface area contributed by atoms with Crippen LogP contribution in [0, 0.1) is 0 Å². The second-order valence-electron chi connectivity index (χ2n) is 4.45. The van der Waals surface area contributed by atoms with Gasteiger partial charge in [0.2, 0.25) is 5.91 Å². The van der Waals surface area contributed by atoms with E-state index in [0.29, 0.717) is 0 Å². The van der Waals surface area contributed by atoms with Crippen LogP contribution < -0.4 is 5.32 Å². The molecule has 1 amide bonds. The zero-order chi connectivity index (χ0) is 13.0. The average Bonchev–Trinajstić information content (AvgIpc) is 2.60. The Kier molecular flexibility index (Phi) is 4.89. The van der Waals surface area contributed by atoms with Gasteiger partial charge in [-0.25, -0.2) is 4.79 Å². The molecule has 0 radical (unpaired) electrons. The monoisotopic (exact) mass is 244 g/mol. The van der Waals surface area contributed by atoms with E-state index >= 15 is 0 Å². The minimum Gasteiger partial charge on any atom is -0.480 e. The average molecular weight is 244 g/mol. The summed E-state index contributed by atoms with van der Waals surface area (Å²) in [4.78, 5) is 24.1. The molecule has 0 spiro atoms. The van der Waals surface area contributed by atoms with Gasteiger partial charge in [0, 0.05) is 25.4 Å². The molecule has 0 saturated carbocycles. The zero-order valence-electron chi connectivity index (χ0n) is 10.2. The van der Waals surface area contributed by atoms with Crippen molar-refractivity contribution in [2.24, 2.45) is 0 Å². The molecule has 1 saturated heterocycles. The second-order valence-corrected chi connectivity index (χ2v) is 4.45. The van der Waals surface area contributed by atoms with Crippen molar-refractivity contribution in [3.63, 3.8) is 0 Å². The maximum Gasteiger partial charge on any atom is 0.326 e. The van der Waals surface area contributed by atoms with Crippen molar-refractivity contribution in [2.75, 3.05) is 13.1 Å². The number of nitrogens with zero attached hydrogens (tertiary/aromatic N) is 1. The number of aliphatic carboxylic acids is 1. The van der Waals surface area contributed by atoms with E-state index in [0.717, 1.165) is 6.54 Å². The van der Waals surface area contributed by atoms with Crippen LogP contribution in [-0.2, 0) is 9.59 Å². The number of hydrogen-bond donors (Lipinski definition) is 3. The molecule has 17 heavy (non-hydrogen) atoms. The molecule has 0 aromatic heterocycles. The third-order valence-electron chi connectivity index (χ3n) is 2.92. The number of likely N-dealkylation sites (tertiary alicyclic amines) is 1. The molecule has 0 aromatic carbocycles. The number of rotatable bonds is 5. The molecular formula is C11H20N2O4. The smallest absolute Gasteiger partial charge is 0.326 e. The standard InChI is InChI=1S/C11H20N2O4/c1-3-12-7(2)4-10(15)13-6-8(14)5-9(13)11(16)17/h7-9,12,14H,3-6H2,1-2H3,(H,16,17)/t7?,8-,9-/m1/s1. The van der Waals surface area contributed by atoms with Gasteiger partial charge < -0.3 is 20.4 Å². The summed E-state index contributed by atoms with van der Waals surface area (Å²) in [6, 6.07) is -0.869. The molecular weight excluding hydrogens is 224 g/mol. The SMILES string of the molecule is CCNC(C)CC(=O)N1C[C@H](O)C[C@@H]1C(=O)O. The van der Waals surface area contributed by atoms with Crippen LogP contribution in [0.5, 0.6) is 0 Å². The lowest BCUT2D eigenvalue weighted by atomic mass is 10.2. The number of carboxylic acids is 1. The fourth-order valence-corrected chi connectivity index (χ4v) is 2.12. The lowest BCUT2D eigenvalue weighted by Gasteiger charge is -2.23. The van der Waals surface area contributed by atoms with Crippen LogP contribution in [0.4, 0.5) is 0 Å². The quantitative estimate of drug-likeness (QED) is 0.602. The molecule has 0 aliphatic carbocycles. The normalized spacial score (nSPS) is 25.9. The van der Waals surface area contributed by atoms with Gasteiger partial charge in [0.15, 0.2) is 0 Å². The summed E-state index contributed by atoms with van der Waals surface area (Å²) in [7, 11) is 0. The number of nitrogens with one attached hydrogen (secondary N) is 1. The van der Waals surface area contributed by atoms with Crippen molar-refractivity contribution in [1.29, 1.82) is 0 Å². The molecule has 3 atom stereocenters. The van der Waals surface area contributed by atoms with E-state index in [1.165, 1.54) is 4.90 Å². The molecule has 1 fully saturated rings. The highest BCUT2D eigenvalue weighted by Crippen LogP contribution is 2.19. The van der Waals surface area contributed by atoms with Gasteiger partial charge in [-0.2, -0.15) is 0 Å². The number of carboxylic acid groups (broad SMARTS) is 1. The highest BCUT2D eigenvalue weighted by Gasteiger charge is 2.38. The summed E-state index contributed by atoms with van der Waals surface area (Å²) >= 11 is 0. The number of amides is 1. The largest absolute Gasteiger partial charge is 0.480 e. The lowest BCUT2D eigenvalue weighted by Crippen LogP contribution is -2.43. The molecule has 3 N–H and O–H groups in total. The molecule has 1 aliphatic heterocycles. The predicted octanol–water partition coefficient (Wildman–Crippen LogP) is -0.579. The number of aliphatic hydroxyl groups excluding tert-OH is 1. The van der Waals surface area contributed by atoms with Crippen LogP contribution in [0.1, 0.15) is 26.7 Å². The van der Waals surface area contributed by atoms with Gasteiger partial charge in [-0.05, 0) is 13.5 Å². The van der Waals surface area contributed by atoms with E-state index < -0.39 is 18.1 Å². The first kappa shape index (κ1) is 13.9. The molecule has 1 aliphatic rings. The van der Waals surface area contributed by atoms with E-state index in [1.807, 2.05) is 13.8 Å². The number of hydrogen-bond acceptors (Lipinski definition) is 4. The third-order valence-corrected chi connectivity index (χ3v) is 2.92. The van der Waals surface area contributed by atoms with Crippen LogP contribution >= 0.6 is 0 Å². The number of carbonyl (C=O) groups is 2. The van der Waals surface area contributed by atoms with Crippen LogP contribution in [0.3, 0.4) is 0 Å². The van der Waals surface area contributed by atoms with Crippen molar-refractivity contribution in [1.82, 2.24) is 10.2 Å². The van der Waals surface area contributed by atoms with Gasteiger partial charge >= 0.3 is 5.97 Å². The Morgan fingerprint density at radius 1 is 1.53 bits per heavy atom. The Balaban J connectivity index is 2.58. The maximum absolute atomic E-state index is 11.9. The Hall–Kier alpha value is -1.14. The summed E-state index contributed by atoms with van der Waals surface area (Å²) in [5.41, 5.74) is 0. The Labute approximate surface area is 101 Å². The highest BCUT2D eigenvalue weighted by atomic mass is 16.4. The van der Waals surface area contributed by atoms with Crippen LogP contribution in [0.2, 0.25) is 0 Å². The Morgan fingerprint density at radius 3 is 2.71 bits per heavy atom. The number of aliphatic hydroxyl groups is 1. The van der Waals surface area contributed by atoms with Gasteiger partial charge in [0.1, 0.15) is 6.04 Å². The summed E-state index contributed by atoms with van der Waals surface area (Å²) in [6.07, 6.45) is -0.351. The molecule has 98 valence electrons. The number of carbonyl (C=O) groups excluding carboxylic acids is 1. The van der Waals surface area contributed by atoms with Gasteiger partial charge in [-0.3, -0.25) is 4.79 Å². The van der Waals surface area contributed by atoms with Crippen LogP contribution in [0.15, 0.2) is 0 Å². The van der Waals surface area contributed by atoms with Crippen molar-refractivity contribution < 1.29 is 19.8 Å². The number of β-amino-alcohol motifs (C(OH)–C–C–N with tert-alkyl or cyclic N) is 1. The fraction of sp³-hybridized carbons (Fsp3) is 0.818. The second kappa shape index (κ2) is 5.97. The topological polar surface area (TPSA) is 89.9 Å². The Morgan fingerprint density at radius 2 is 2.18 bits per heavy atom. The zero-order valence-corrected chi connectivity index (χ0v) is 10.2. The van der Waals surface area contributed by atoms with Gasteiger partial charge in [-0.1, -0.05) is 6.92 Å². The Bertz CT molecular complexity index is 295. The first-order chi connectivity index (χ1) is 7.95. The summed E-state index contributed by atoms with van der Waals surface area (Å²) in [5.74, 6) is -1.27.